The highest BCUT2D eigenvalue weighted by Gasteiger charge is 2.16. The molecule has 0 saturated heterocycles. The quantitative estimate of drug-likeness (QED) is 0.429. The molecule has 1 aromatic heterocycles. The van der Waals surface area contributed by atoms with E-state index in [1.165, 1.54) is 18.2 Å². The number of amides is 1. The van der Waals surface area contributed by atoms with E-state index in [0.717, 1.165) is 5.56 Å². The van der Waals surface area contributed by atoms with Gasteiger partial charge in [-0.2, -0.15) is 11.3 Å². The Morgan fingerprint density at radius 2 is 2.19 bits per heavy atom. The standard InChI is InChI=1S/C13H14N4O3S/c14-16-12-2-1-10(17(19)20)7-11(12)13(18)15-5-3-9-4-6-21-8-9/h1-2,4,6-8,16H,3,5,14H2,(H,15,18). The molecule has 21 heavy (non-hydrogen) atoms. The number of nitrogens with one attached hydrogen (secondary N) is 2. The number of anilines is 1. The van der Waals surface area contributed by atoms with Crippen molar-refractivity contribution in [3.8, 4) is 0 Å². The zero-order chi connectivity index (χ0) is 15.2. The molecule has 0 spiro atoms. The normalized spacial score (nSPS) is 10.1. The van der Waals surface area contributed by atoms with Crippen molar-refractivity contribution in [1.29, 1.82) is 0 Å². The SMILES string of the molecule is NNc1ccc([N+](=O)[O-])cc1C(=O)NCCc1ccsc1. The molecule has 1 aromatic carbocycles. The van der Waals surface area contributed by atoms with Crippen molar-refractivity contribution >= 4 is 28.6 Å². The predicted octanol–water partition coefficient (Wildman–Crippen LogP) is 1.91. The first kappa shape index (κ1) is 14.9. The van der Waals surface area contributed by atoms with Crippen LogP contribution < -0.4 is 16.6 Å². The third kappa shape index (κ3) is 3.77. The number of nitro groups is 1. The summed E-state index contributed by atoms with van der Waals surface area (Å²) >= 11 is 1.59. The fourth-order valence-corrected chi connectivity index (χ4v) is 2.51. The maximum absolute atomic E-state index is 12.1. The van der Waals surface area contributed by atoms with Crippen LogP contribution >= 0.6 is 11.3 Å². The van der Waals surface area contributed by atoms with Gasteiger partial charge in [-0.15, -0.1) is 0 Å². The van der Waals surface area contributed by atoms with E-state index < -0.39 is 10.8 Å². The molecule has 7 nitrogen and oxygen atoms in total. The van der Waals surface area contributed by atoms with Gasteiger partial charge in [0.1, 0.15) is 0 Å². The third-order valence-corrected chi connectivity index (χ3v) is 3.63. The summed E-state index contributed by atoms with van der Waals surface area (Å²) in [4.78, 5) is 22.3. The number of nitrogens with zero attached hydrogens (tertiary/aromatic N) is 1. The average Bonchev–Trinajstić information content (AvgIpc) is 2.99. The molecule has 1 amide bonds. The van der Waals surface area contributed by atoms with Gasteiger partial charge in [0.15, 0.2) is 0 Å². The van der Waals surface area contributed by atoms with Crippen molar-refractivity contribution in [2.24, 2.45) is 5.84 Å². The summed E-state index contributed by atoms with van der Waals surface area (Å²) in [6.45, 7) is 0.447. The van der Waals surface area contributed by atoms with Crippen LogP contribution in [0.15, 0.2) is 35.0 Å². The lowest BCUT2D eigenvalue weighted by atomic mass is 10.1. The van der Waals surface area contributed by atoms with Gasteiger partial charge in [-0.25, -0.2) is 0 Å². The summed E-state index contributed by atoms with van der Waals surface area (Å²) < 4.78 is 0. The number of rotatable bonds is 6. The topological polar surface area (TPSA) is 110 Å². The summed E-state index contributed by atoms with van der Waals surface area (Å²) in [6, 6.07) is 5.88. The van der Waals surface area contributed by atoms with E-state index in [9.17, 15) is 14.9 Å². The summed E-state index contributed by atoms with van der Waals surface area (Å²) in [6.07, 6.45) is 0.704. The molecule has 0 saturated carbocycles. The second-order valence-electron chi connectivity index (χ2n) is 4.27. The van der Waals surface area contributed by atoms with Crippen molar-refractivity contribution in [1.82, 2.24) is 5.32 Å². The van der Waals surface area contributed by atoms with E-state index in [-0.39, 0.29) is 11.3 Å². The van der Waals surface area contributed by atoms with E-state index in [2.05, 4.69) is 10.7 Å². The molecule has 1 heterocycles. The van der Waals surface area contributed by atoms with Crippen molar-refractivity contribution in [3.63, 3.8) is 0 Å². The Hall–Kier alpha value is -2.45. The molecule has 0 unspecified atom stereocenters. The van der Waals surface area contributed by atoms with Gasteiger partial charge in [-0.1, -0.05) is 0 Å². The molecule has 0 aliphatic carbocycles. The molecule has 0 atom stereocenters. The minimum Gasteiger partial charge on any atom is -0.352 e. The summed E-state index contributed by atoms with van der Waals surface area (Å²) in [7, 11) is 0. The first-order valence-corrected chi connectivity index (χ1v) is 7.10. The van der Waals surface area contributed by atoms with Gasteiger partial charge in [0.2, 0.25) is 0 Å². The molecule has 2 aromatic rings. The van der Waals surface area contributed by atoms with Crippen LogP contribution in [0.3, 0.4) is 0 Å². The first-order valence-electron chi connectivity index (χ1n) is 6.16. The van der Waals surface area contributed by atoms with E-state index in [4.69, 9.17) is 5.84 Å². The molecule has 0 bridgehead atoms. The van der Waals surface area contributed by atoms with Crippen LogP contribution in [0.5, 0.6) is 0 Å². The number of nitrogens with two attached hydrogens (primary N) is 1. The number of thiophene rings is 1. The van der Waals surface area contributed by atoms with Crippen molar-refractivity contribution in [2.75, 3.05) is 12.0 Å². The molecule has 0 aliphatic heterocycles. The molecule has 4 N–H and O–H groups in total. The number of benzene rings is 1. The number of carbonyl (C=O) groups is 1. The Morgan fingerprint density at radius 3 is 2.81 bits per heavy atom. The maximum atomic E-state index is 12.1. The van der Waals surface area contributed by atoms with Crippen molar-refractivity contribution in [2.45, 2.75) is 6.42 Å². The smallest absolute Gasteiger partial charge is 0.270 e. The van der Waals surface area contributed by atoms with Crippen LogP contribution in [-0.4, -0.2) is 17.4 Å². The minimum absolute atomic E-state index is 0.150. The van der Waals surface area contributed by atoms with Crippen LogP contribution in [0, 0.1) is 10.1 Å². The van der Waals surface area contributed by atoms with Crippen LogP contribution in [0.25, 0.3) is 0 Å². The van der Waals surface area contributed by atoms with Crippen LogP contribution in [-0.2, 0) is 6.42 Å². The van der Waals surface area contributed by atoms with Crippen LogP contribution in [0.4, 0.5) is 11.4 Å². The number of hydrogen-bond acceptors (Lipinski definition) is 6. The number of nitrogen functional groups attached to an aromatic ring is 1. The zero-order valence-electron chi connectivity index (χ0n) is 11.0. The molecule has 110 valence electrons. The molecule has 0 radical (unpaired) electrons. The Balaban J connectivity index is 2.06. The van der Waals surface area contributed by atoms with E-state index in [1.54, 1.807) is 11.3 Å². The molecule has 0 fully saturated rings. The summed E-state index contributed by atoms with van der Waals surface area (Å²) in [5.74, 6) is 4.92. The van der Waals surface area contributed by atoms with E-state index in [1.807, 2.05) is 16.8 Å². The summed E-state index contributed by atoms with van der Waals surface area (Å²) in [5.41, 5.74) is 3.84. The lowest BCUT2D eigenvalue weighted by Gasteiger charge is -2.09. The highest BCUT2D eigenvalue weighted by Crippen LogP contribution is 2.21. The van der Waals surface area contributed by atoms with Gasteiger partial charge in [0, 0.05) is 18.7 Å². The Morgan fingerprint density at radius 1 is 1.38 bits per heavy atom. The molecular weight excluding hydrogens is 292 g/mol. The van der Waals surface area contributed by atoms with Crippen molar-refractivity contribution < 1.29 is 9.72 Å². The Kier molecular flexibility index (Phi) is 4.85. The van der Waals surface area contributed by atoms with Gasteiger partial charge >= 0.3 is 0 Å². The van der Waals surface area contributed by atoms with E-state index in [0.29, 0.717) is 18.7 Å². The predicted molar refractivity (Wildman–Crippen MR) is 81.3 cm³/mol. The third-order valence-electron chi connectivity index (χ3n) is 2.89. The fourth-order valence-electron chi connectivity index (χ4n) is 1.81. The second-order valence-corrected chi connectivity index (χ2v) is 5.05. The number of hydrogen-bond donors (Lipinski definition) is 3. The summed E-state index contributed by atoms with van der Waals surface area (Å²) in [5, 5.41) is 17.5. The highest BCUT2D eigenvalue weighted by molar-refractivity contribution is 7.07. The second kappa shape index (κ2) is 6.82. The number of carbonyl (C=O) groups excluding carboxylic acids is 1. The average molecular weight is 306 g/mol. The van der Waals surface area contributed by atoms with Gasteiger partial charge in [0.25, 0.3) is 11.6 Å². The lowest BCUT2D eigenvalue weighted by Crippen LogP contribution is -2.27. The van der Waals surface area contributed by atoms with Gasteiger partial charge in [0.05, 0.1) is 16.2 Å². The van der Waals surface area contributed by atoms with Gasteiger partial charge < -0.3 is 10.7 Å². The largest absolute Gasteiger partial charge is 0.352 e. The molecule has 8 heteroatoms. The minimum atomic E-state index is -0.553. The van der Waals surface area contributed by atoms with E-state index >= 15 is 0 Å². The van der Waals surface area contributed by atoms with Gasteiger partial charge in [-0.05, 0) is 34.9 Å². The maximum Gasteiger partial charge on any atom is 0.270 e. The Bertz CT molecular complexity index is 643. The van der Waals surface area contributed by atoms with Gasteiger partial charge in [-0.3, -0.25) is 20.8 Å². The molecule has 0 aliphatic rings. The molecule has 2 rings (SSSR count). The van der Waals surface area contributed by atoms with Crippen LogP contribution in [0.1, 0.15) is 15.9 Å². The Labute approximate surface area is 124 Å². The monoisotopic (exact) mass is 306 g/mol. The fraction of sp³-hybridized carbons (Fsp3) is 0.154. The highest BCUT2D eigenvalue weighted by atomic mass is 32.1. The zero-order valence-corrected chi connectivity index (χ0v) is 11.9. The first-order chi connectivity index (χ1) is 10.1. The number of non-ortho nitro benzene ring substituents is 1. The van der Waals surface area contributed by atoms with Crippen molar-refractivity contribution in [3.05, 3.63) is 56.3 Å². The number of nitro benzene ring substituents is 1. The molecular formula is C13H14N4O3S. The lowest BCUT2D eigenvalue weighted by molar-refractivity contribution is -0.384. The van der Waals surface area contributed by atoms with Crippen LogP contribution in [0.2, 0.25) is 0 Å². The number of hydrazine groups is 1.